The first-order valence-electron chi connectivity index (χ1n) is 8.55. The highest BCUT2D eigenvalue weighted by molar-refractivity contribution is 7.89. The highest BCUT2D eigenvalue weighted by Gasteiger charge is 2.40. The van der Waals surface area contributed by atoms with Gasteiger partial charge >= 0.3 is 0 Å². The van der Waals surface area contributed by atoms with E-state index in [-0.39, 0.29) is 35.8 Å². The summed E-state index contributed by atoms with van der Waals surface area (Å²) in [7, 11) is -3.72. The first kappa shape index (κ1) is 17.7. The lowest BCUT2D eigenvalue weighted by Crippen LogP contribution is -2.33. The first-order valence-corrected chi connectivity index (χ1v) is 10.9. The van der Waals surface area contributed by atoms with Gasteiger partial charge in [-0.1, -0.05) is 6.07 Å². The van der Waals surface area contributed by atoms with E-state index in [1.54, 1.807) is 23.5 Å². The average molecular weight is 393 g/mol. The van der Waals surface area contributed by atoms with Crippen molar-refractivity contribution in [2.45, 2.75) is 17.2 Å². The minimum atomic E-state index is -3.72. The zero-order chi connectivity index (χ0) is 18.3. The molecular formula is C18H20N2O4S2. The molecule has 1 saturated heterocycles. The molecule has 0 unspecified atom stereocenters. The van der Waals surface area contributed by atoms with Crippen molar-refractivity contribution in [2.75, 3.05) is 26.2 Å². The Morgan fingerprint density at radius 1 is 1.27 bits per heavy atom. The van der Waals surface area contributed by atoms with E-state index in [2.05, 4.69) is 5.32 Å². The second-order valence-corrected chi connectivity index (χ2v) is 9.47. The molecular weight excluding hydrogens is 372 g/mol. The van der Waals surface area contributed by atoms with Crippen LogP contribution in [-0.2, 0) is 16.4 Å². The average Bonchev–Trinajstić information content (AvgIpc) is 3.31. The number of nitrogens with zero attached hydrogens (tertiary/aromatic N) is 1. The third-order valence-electron chi connectivity index (χ3n) is 5.26. The molecule has 26 heavy (non-hydrogen) atoms. The number of aliphatic hydroxyl groups excluding tert-OH is 1. The Morgan fingerprint density at radius 2 is 2.12 bits per heavy atom. The molecule has 2 aromatic rings. The quantitative estimate of drug-likeness (QED) is 0.824. The Bertz CT molecular complexity index is 925. The predicted molar refractivity (Wildman–Crippen MR) is 98.9 cm³/mol. The number of hydrogen-bond acceptors (Lipinski definition) is 5. The highest BCUT2D eigenvalue weighted by Crippen LogP contribution is 2.36. The van der Waals surface area contributed by atoms with E-state index in [9.17, 15) is 18.3 Å². The molecule has 0 radical (unpaired) electrons. The summed E-state index contributed by atoms with van der Waals surface area (Å²) in [6.45, 7) is 1.14. The summed E-state index contributed by atoms with van der Waals surface area (Å²) >= 11 is 1.57. The summed E-state index contributed by atoms with van der Waals surface area (Å²) in [5, 5.41) is 16.4. The number of hydrogen-bond donors (Lipinski definition) is 2. The second kappa shape index (κ2) is 6.77. The van der Waals surface area contributed by atoms with Crippen molar-refractivity contribution in [1.29, 1.82) is 0 Å². The van der Waals surface area contributed by atoms with Crippen molar-refractivity contribution < 1.29 is 18.3 Å². The normalized spacial score (nSPS) is 23.7. The van der Waals surface area contributed by atoms with Crippen LogP contribution in [0.1, 0.15) is 27.4 Å². The van der Waals surface area contributed by atoms with Crippen LogP contribution >= 0.6 is 11.3 Å². The lowest BCUT2D eigenvalue weighted by molar-refractivity contribution is 0.0945. The van der Waals surface area contributed by atoms with E-state index in [1.807, 2.05) is 16.8 Å². The van der Waals surface area contributed by atoms with E-state index >= 15 is 0 Å². The summed E-state index contributed by atoms with van der Waals surface area (Å²) in [4.78, 5) is 12.2. The van der Waals surface area contributed by atoms with Crippen LogP contribution in [0.25, 0.3) is 0 Å². The van der Waals surface area contributed by atoms with Crippen molar-refractivity contribution in [3.8, 4) is 0 Å². The van der Waals surface area contributed by atoms with E-state index in [0.717, 1.165) is 11.1 Å². The topological polar surface area (TPSA) is 86.7 Å². The number of carbonyl (C=O) groups is 1. The smallest absolute Gasteiger partial charge is 0.251 e. The Hall–Kier alpha value is -1.74. The lowest BCUT2D eigenvalue weighted by atomic mass is 9.92. The Kier molecular flexibility index (Phi) is 4.60. The maximum Gasteiger partial charge on any atom is 0.251 e. The van der Waals surface area contributed by atoms with E-state index in [1.165, 1.54) is 10.4 Å². The number of amides is 1. The predicted octanol–water partition coefficient (Wildman–Crippen LogP) is 1.43. The number of nitrogens with one attached hydrogen (secondary N) is 1. The molecule has 2 atom stereocenters. The summed E-state index contributed by atoms with van der Waals surface area (Å²) in [5.74, 6) is -0.364. The van der Waals surface area contributed by atoms with Crippen molar-refractivity contribution in [1.82, 2.24) is 9.62 Å². The first-order chi connectivity index (χ1) is 12.5. The van der Waals surface area contributed by atoms with E-state index < -0.39 is 10.0 Å². The van der Waals surface area contributed by atoms with Crippen molar-refractivity contribution in [3.63, 3.8) is 0 Å². The van der Waals surface area contributed by atoms with Crippen LogP contribution in [0, 0.1) is 5.92 Å². The molecule has 8 heteroatoms. The van der Waals surface area contributed by atoms with E-state index in [0.29, 0.717) is 25.1 Å². The van der Waals surface area contributed by atoms with Gasteiger partial charge in [0, 0.05) is 43.6 Å². The number of carbonyl (C=O) groups excluding carboxylic acids is 1. The van der Waals surface area contributed by atoms with Gasteiger partial charge in [0.25, 0.3) is 5.91 Å². The molecule has 1 amide bonds. The molecule has 2 aliphatic rings. The molecule has 6 nitrogen and oxygen atoms in total. The van der Waals surface area contributed by atoms with Gasteiger partial charge in [0.15, 0.2) is 0 Å². The third-order valence-corrected chi connectivity index (χ3v) is 7.79. The lowest BCUT2D eigenvalue weighted by Gasteiger charge is -2.20. The Morgan fingerprint density at radius 3 is 2.85 bits per heavy atom. The highest BCUT2D eigenvalue weighted by atomic mass is 32.2. The van der Waals surface area contributed by atoms with Crippen molar-refractivity contribution in [2.24, 2.45) is 5.92 Å². The van der Waals surface area contributed by atoms with Crippen LogP contribution < -0.4 is 5.32 Å². The summed E-state index contributed by atoms with van der Waals surface area (Å²) in [6, 6.07) is 6.78. The molecule has 1 aromatic carbocycles. The SMILES string of the molecule is O=C1NCCc2ccc(S(=O)(=O)N3C[C@H](CO)[C@@H](c4ccsc4)C3)cc21. The molecule has 0 spiro atoms. The van der Waals surface area contributed by atoms with Crippen molar-refractivity contribution >= 4 is 27.3 Å². The number of aliphatic hydroxyl groups is 1. The Labute approximate surface area is 156 Å². The van der Waals surface area contributed by atoms with Crippen LogP contribution in [0.3, 0.4) is 0 Å². The van der Waals surface area contributed by atoms with Gasteiger partial charge < -0.3 is 10.4 Å². The summed E-state index contributed by atoms with van der Waals surface area (Å²) < 4.78 is 27.7. The monoisotopic (exact) mass is 392 g/mol. The van der Waals surface area contributed by atoms with Gasteiger partial charge in [0.1, 0.15) is 0 Å². The van der Waals surface area contributed by atoms with Gasteiger partial charge in [0.05, 0.1) is 4.90 Å². The summed E-state index contributed by atoms with van der Waals surface area (Å²) in [6.07, 6.45) is 0.706. The van der Waals surface area contributed by atoms with Crippen LogP contribution in [0.5, 0.6) is 0 Å². The molecule has 3 heterocycles. The summed E-state index contributed by atoms with van der Waals surface area (Å²) in [5.41, 5.74) is 2.37. The Balaban J connectivity index is 1.65. The van der Waals surface area contributed by atoms with Crippen LogP contribution in [0.4, 0.5) is 0 Å². The van der Waals surface area contributed by atoms with Gasteiger partial charge in [0.2, 0.25) is 10.0 Å². The number of thiophene rings is 1. The molecule has 0 saturated carbocycles. The van der Waals surface area contributed by atoms with Gasteiger partial charge in [-0.15, -0.1) is 0 Å². The minimum absolute atomic E-state index is 0.0121. The maximum absolute atomic E-state index is 13.1. The molecule has 4 rings (SSSR count). The molecule has 1 aromatic heterocycles. The van der Waals surface area contributed by atoms with Crippen LogP contribution in [0.2, 0.25) is 0 Å². The number of sulfonamides is 1. The second-order valence-electron chi connectivity index (χ2n) is 6.75. The van der Waals surface area contributed by atoms with E-state index in [4.69, 9.17) is 0 Å². The number of benzene rings is 1. The third kappa shape index (κ3) is 2.96. The van der Waals surface area contributed by atoms with Crippen LogP contribution in [-0.4, -0.2) is 50.0 Å². The molecule has 0 aliphatic carbocycles. The molecule has 2 N–H and O–H groups in total. The molecule has 0 bridgehead atoms. The fourth-order valence-corrected chi connectivity index (χ4v) is 6.05. The minimum Gasteiger partial charge on any atom is -0.396 e. The van der Waals surface area contributed by atoms with Gasteiger partial charge in [-0.25, -0.2) is 8.42 Å². The fourth-order valence-electron chi connectivity index (χ4n) is 3.78. The molecule has 2 aliphatic heterocycles. The van der Waals surface area contributed by atoms with Crippen LogP contribution in [0.15, 0.2) is 39.9 Å². The van der Waals surface area contributed by atoms with Gasteiger partial charge in [-0.2, -0.15) is 15.6 Å². The van der Waals surface area contributed by atoms with Gasteiger partial charge in [-0.3, -0.25) is 4.79 Å². The maximum atomic E-state index is 13.1. The fraction of sp³-hybridized carbons (Fsp3) is 0.389. The molecule has 138 valence electrons. The number of rotatable bonds is 4. The standard InChI is InChI=1S/C18H20N2O4S2/c21-10-14-8-20(9-17(14)13-4-6-25-11-13)26(23,24)15-2-1-12-3-5-19-18(22)16(12)7-15/h1-2,4,6-7,11,14,17,21H,3,5,8-10H2,(H,19,22)/t14-,17-/m1/s1. The zero-order valence-electron chi connectivity index (χ0n) is 14.1. The van der Waals surface area contributed by atoms with Gasteiger partial charge in [-0.05, 0) is 46.5 Å². The van der Waals surface area contributed by atoms with Crippen molar-refractivity contribution in [3.05, 3.63) is 51.7 Å². The molecule has 1 fully saturated rings. The zero-order valence-corrected chi connectivity index (χ0v) is 15.7. The number of fused-ring (bicyclic) bond motifs is 1. The largest absolute Gasteiger partial charge is 0.396 e.